The number of hydrogen-bond acceptors (Lipinski definition) is 8. The van der Waals surface area contributed by atoms with Crippen molar-refractivity contribution >= 4 is 39.1 Å². The van der Waals surface area contributed by atoms with Crippen LogP contribution in [0.15, 0.2) is 59.1 Å². The average Bonchev–Trinajstić information content (AvgIpc) is 3.83. The van der Waals surface area contributed by atoms with E-state index in [1.807, 2.05) is 17.6 Å². The summed E-state index contributed by atoms with van der Waals surface area (Å²) in [5.74, 6) is 1.48. The molecule has 6 aliphatic rings. The van der Waals surface area contributed by atoms with Crippen molar-refractivity contribution in [3.05, 3.63) is 87.8 Å². The number of carbonyl (C=O) groups excluding carboxylic acids is 2. The highest BCUT2D eigenvalue weighted by Crippen LogP contribution is 2.61. The first kappa shape index (κ1) is 36.0. The van der Waals surface area contributed by atoms with Crippen molar-refractivity contribution in [1.82, 2.24) is 14.3 Å². The Morgan fingerprint density at radius 2 is 2.02 bits per heavy atom. The van der Waals surface area contributed by atoms with Crippen LogP contribution in [0.1, 0.15) is 89.5 Å². The van der Waals surface area contributed by atoms with Gasteiger partial charge in [-0.15, -0.1) is 4.36 Å². The lowest BCUT2D eigenvalue weighted by Gasteiger charge is -2.45. The fraction of sp³-hybridized carbons (Fsp3) is 0.537. The van der Waals surface area contributed by atoms with E-state index in [1.165, 1.54) is 11.1 Å². The van der Waals surface area contributed by atoms with Crippen molar-refractivity contribution in [2.75, 3.05) is 38.3 Å². The van der Waals surface area contributed by atoms with Gasteiger partial charge in [-0.05, 0) is 110 Å². The van der Waals surface area contributed by atoms with Crippen LogP contribution in [-0.4, -0.2) is 70.3 Å². The van der Waals surface area contributed by atoms with Crippen molar-refractivity contribution in [3.8, 4) is 5.75 Å². The Hall–Kier alpha value is -3.71. The van der Waals surface area contributed by atoms with E-state index in [0.717, 1.165) is 42.9 Å². The summed E-state index contributed by atoms with van der Waals surface area (Å²) in [6.07, 6.45) is 10.7. The molecule has 2 aromatic heterocycles. The zero-order valence-corrected chi connectivity index (χ0v) is 32.6. The van der Waals surface area contributed by atoms with Crippen molar-refractivity contribution in [2.24, 2.45) is 28.0 Å². The van der Waals surface area contributed by atoms with Gasteiger partial charge in [-0.2, -0.15) is 0 Å². The number of carbonyl (C=O) groups is 2. The molecule has 1 aromatic carbocycles. The van der Waals surface area contributed by atoms with Crippen LogP contribution in [0.2, 0.25) is 5.02 Å². The maximum atomic E-state index is 15.0. The zero-order valence-electron chi connectivity index (χ0n) is 31.0. The number of ether oxygens (including phenoxy) is 3. The standard InChI is InChI=1S/C41H48ClN5O6S/c1-24-5-4-6-36(51-3)31-9-7-26(31)19-47-22-41(18-27-16-32(27)33-17-29(42)8-10-34(33)41)23-53-37-12-11-35(43-38(37)47)40(49)45-54(50,25(24)2)44-39(48)28-15-30-21-52-14-13-46(30)20-28/h4,6,8,10-12,15,17,20,24-27,31-32,36H,5,7,9,13-14,16,18-19,21-23H2,1-3H3,(H,44,45,48,49,50)/b6-4+. The maximum Gasteiger partial charge on any atom is 0.305 e. The van der Waals surface area contributed by atoms with Gasteiger partial charge in [0.15, 0.2) is 11.6 Å². The van der Waals surface area contributed by atoms with E-state index in [-0.39, 0.29) is 23.1 Å². The molecule has 9 rings (SSSR count). The largest absolute Gasteiger partial charge is 0.489 e. The first-order valence-electron chi connectivity index (χ1n) is 19.3. The Morgan fingerprint density at radius 3 is 2.81 bits per heavy atom. The molecule has 9 atom stereocenters. The van der Waals surface area contributed by atoms with E-state index in [9.17, 15) is 13.8 Å². The Morgan fingerprint density at radius 1 is 1.15 bits per heavy atom. The van der Waals surface area contributed by atoms with Gasteiger partial charge >= 0.3 is 5.91 Å². The highest BCUT2D eigenvalue weighted by atomic mass is 35.5. The molecule has 3 aromatic rings. The first-order chi connectivity index (χ1) is 26.0. The van der Waals surface area contributed by atoms with Gasteiger partial charge in [-0.25, -0.2) is 9.19 Å². The van der Waals surface area contributed by atoms with E-state index in [4.69, 9.17) is 30.8 Å². The third kappa shape index (κ3) is 6.36. The number of nitrogens with zero attached hydrogens (tertiary/aromatic N) is 4. The number of methoxy groups -OCH3 is 1. The summed E-state index contributed by atoms with van der Waals surface area (Å²) >= 11 is 6.55. The SMILES string of the molecule is COC1/C=C/CC(C)C(C)S(=O)(NC(=O)c2cc3n(c2)CCOC3)=NC(=O)c2ccc3c(n2)N(CC2CCC21)CC1(CO3)CC2CC2c2cc(Cl)ccc21. The van der Waals surface area contributed by atoms with Gasteiger partial charge < -0.3 is 23.7 Å². The quantitative estimate of drug-likeness (QED) is 0.292. The molecule has 9 unspecified atom stereocenters. The molecule has 2 saturated carbocycles. The Kier molecular flexibility index (Phi) is 9.18. The number of aromatic nitrogens is 2. The van der Waals surface area contributed by atoms with Crippen molar-refractivity contribution < 1.29 is 28.0 Å². The molecule has 1 N–H and O–H groups in total. The summed E-state index contributed by atoms with van der Waals surface area (Å²) in [6, 6.07) is 11.4. The third-order valence-corrected chi connectivity index (χ3v) is 15.7. The second kappa shape index (κ2) is 13.8. The minimum Gasteiger partial charge on any atom is -0.489 e. The van der Waals surface area contributed by atoms with E-state index in [2.05, 4.69) is 38.3 Å². The number of pyridine rings is 1. The first-order valence-corrected chi connectivity index (χ1v) is 21.3. The molecule has 0 radical (unpaired) electrons. The summed E-state index contributed by atoms with van der Waals surface area (Å²) in [6.45, 7) is 7.20. The number of nitrogens with one attached hydrogen (secondary N) is 1. The zero-order chi connectivity index (χ0) is 37.4. The van der Waals surface area contributed by atoms with Gasteiger partial charge in [0.25, 0.3) is 5.91 Å². The molecule has 3 aliphatic carbocycles. The number of halogens is 1. The van der Waals surface area contributed by atoms with Crippen LogP contribution in [0.25, 0.3) is 0 Å². The van der Waals surface area contributed by atoms with Crippen LogP contribution < -0.4 is 14.4 Å². The molecule has 1 spiro atoms. The summed E-state index contributed by atoms with van der Waals surface area (Å²) in [5.41, 5.74) is 3.59. The van der Waals surface area contributed by atoms with Crippen molar-refractivity contribution in [2.45, 2.75) is 81.8 Å². The van der Waals surface area contributed by atoms with Gasteiger partial charge in [0.05, 0.1) is 36.7 Å². The molecule has 2 bridgehead atoms. The third-order valence-electron chi connectivity index (χ3n) is 13.1. The van der Waals surface area contributed by atoms with E-state index in [0.29, 0.717) is 80.1 Å². The van der Waals surface area contributed by atoms with Crippen LogP contribution in [0.3, 0.4) is 0 Å². The topological polar surface area (TPSA) is 124 Å². The lowest BCUT2D eigenvalue weighted by molar-refractivity contribution is 0.0131. The lowest BCUT2D eigenvalue weighted by atomic mass is 9.68. The van der Waals surface area contributed by atoms with Gasteiger partial charge in [0, 0.05) is 49.1 Å². The predicted molar refractivity (Wildman–Crippen MR) is 206 cm³/mol. The van der Waals surface area contributed by atoms with Crippen LogP contribution in [0.5, 0.6) is 5.75 Å². The number of rotatable bonds is 3. The van der Waals surface area contributed by atoms with Crippen LogP contribution in [0, 0.1) is 23.7 Å². The van der Waals surface area contributed by atoms with Gasteiger partial charge in [-0.1, -0.05) is 36.7 Å². The van der Waals surface area contributed by atoms with Crippen LogP contribution in [-0.2, 0) is 38.0 Å². The molecular formula is C41H48ClN5O6S. The molecule has 286 valence electrons. The second-order valence-electron chi connectivity index (χ2n) is 16.4. The number of benzene rings is 1. The molecular weight excluding hydrogens is 726 g/mol. The number of allylic oxidation sites excluding steroid dienone is 1. The predicted octanol–water partition coefficient (Wildman–Crippen LogP) is 6.69. The minimum absolute atomic E-state index is 0.0570. The monoisotopic (exact) mass is 773 g/mol. The molecule has 0 saturated heterocycles. The molecule has 5 heterocycles. The number of amides is 2. The Bertz CT molecular complexity index is 2140. The smallest absolute Gasteiger partial charge is 0.305 e. The van der Waals surface area contributed by atoms with Crippen LogP contribution >= 0.6 is 11.6 Å². The molecule has 13 heteroatoms. The number of anilines is 1. The summed E-state index contributed by atoms with van der Waals surface area (Å²) in [4.78, 5) is 35.2. The number of hydrogen-bond donors (Lipinski definition) is 1. The molecule has 54 heavy (non-hydrogen) atoms. The molecule has 2 amide bonds. The highest BCUT2D eigenvalue weighted by Gasteiger charge is 2.54. The van der Waals surface area contributed by atoms with E-state index < -0.39 is 27.0 Å². The van der Waals surface area contributed by atoms with Crippen LogP contribution in [0.4, 0.5) is 5.82 Å². The highest BCUT2D eigenvalue weighted by molar-refractivity contribution is 7.93. The molecule has 2 fully saturated rings. The summed E-state index contributed by atoms with van der Waals surface area (Å²) in [5, 5.41) is 0.0790. The molecule has 11 nitrogen and oxygen atoms in total. The average molecular weight is 774 g/mol. The molecule has 3 aliphatic heterocycles. The lowest BCUT2D eigenvalue weighted by Crippen LogP contribution is -2.50. The Balaban J connectivity index is 1.12. The second-order valence-corrected chi connectivity index (χ2v) is 19.1. The number of fused-ring (bicyclic) bond motifs is 7. The van der Waals surface area contributed by atoms with Gasteiger partial charge in [-0.3, -0.25) is 14.3 Å². The normalized spacial score (nSPS) is 34.8. The maximum absolute atomic E-state index is 15.0. The fourth-order valence-corrected chi connectivity index (χ4v) is 11.6. The Labute approximate surface area is 322 Å². The van der Waals surface area contributed by atoms with Gasteiger partial charge in [0.1, 0.15) is 15.6 Å². The summed E-state index contributed by atoms with van der Waals surface area (Å²) in [7, 11) is -1.88. The fourth-order valence-electron chi connectivity index (χ4n) is 9.60. The van der Waals surface area contributed by atoms with E-state index in [1.54, 1.807) is 38.4 Å². The van der Waals surface area contributed by atoms with Gasteiger partial charge in [0.2, 0.25) is 0 Å². The van der Waals surface area contributed by atoms with Crippen molar-refractivity contribution in [3.63, 3.8) is 0 Å². The summed E-state index contributed by atoms with van der Waals surface area (Å²) < 4.78 is 42.4. The van der Waals surface area contributed by atoms with E-state index >= 15 is 0 Å². The van der Waals surface area contributed by atoms with Crippen molar-refractivity contribution in [1.29, 1.82) is 0 Å². The minimum atomic E-state index is -3.65.